The van der Waals surface area contributed by atoms with E-state index in [0.717, 1.165) is 23.2 Å². The lowest BCUT2D eigenvalue weighted by Crippen LogP contribution is -2.49. The normalized spacial score (nSPS) is 16.2. The average Bonchev–Trinajstić information content (AvgIpc) is 3.07. The third kappa shape index (κ3) is 15.8. The second-order valence-corrected chi connectivity index (χ2v) is 20.0. The molecule has 4 atom stereocenters. The van der Waals surface area contributed by atoms with E-state index in [1.807, 2.05) is 58.0 Å². The molecule has 10 nitrogen and oxygen atoms in total. The maximum Gasteiger partial charge on any atom is 0.322 e. The lowest BCUT2D eigenvalue weighted by Gasteiger charge is -2.43. The highest BCUT2D eigenvalue weighted by molar-refractivity contribution is 8.76. The van der Waals surface area contributed by atoms with Crippen LogP contribution in [0.25, 0.3) is 0 Å². The van der Waals surface area contributed by atoms with Gasteiger partial charge in [-0.2, -0.15) is 0 Å². The van der Waals surface area contributed by atoms with Crippen molar-refractivity contribution in [3.05, 3.63) is 24.4 Å². The summed E-state index contributed by atoms with van der Waals surface area (Å²) < 4.78 is 16.3. The maximum absolute atomic E-state index is 14.0. The smallest absolute Gasteiger partial charge is 0.322 e. The number of thiocarbonyl (C=S) groups is 1. The van der Waals surface area contributed by atoms with E-state index in [-0.39, 0.29) is 45.5 Å². The lowest BCUT2D eigenvalue weighted by atomic mass is 9.61. The Kier molecular flexibility index (Phi) is 21.7. The van der Waals surface area contributed by atoms with E-state index >= 15 is 0 Å². The third-order valence-corrected chi connectivity index (χ3v) is 13.7. The van der Waals surface area contributed by atoms with E-state index in [4.69, 9.17) is 26.4 Å². The first kappa shape index (κ1) is 47.5. The molecule has 1 rings (SSSR count). The number of rotatable bonds is 25. The number of carbonyl (C=O) groups excluding carboxylic acids is 3. The van der Waals surface area contributed by atoms with Gasteiger partial charge in [-0.1, -0.05) is 75.0 Å². The molecule has 290 valence electrons. The number of aliphatic carboxylic acids is 1. The molecule has 0 aromatic carbocycles. The van der Waals surface area contributed by atoms with E-state index in [1.165, 1.54) is 33.3 Å². The molecule has 0 saturated heterocycles. The molecule has 0 fully saturated rings. The predicted octanol–water partition coefficient (Wildman–Crippen LogP) is 8.42. The molecule has 1 aromatic rings. The number of unbranched alkanes of at least 4 members (excludes halogenated alkanes) is 1. The Morgan fingerprint density at radius 1 is 0.863 bits per heavy atom. The minimum Gasteiger partial charge on any atom is -0.481 e. The largest absolute Gasteiger partial charge is 0.481 e. The van der Waals surface area contributed by atoms with Gasteiger partial charge in [0.2, 0.25) is 0 Å². The number of likely N-dealkylation sites (N-methyl/N-ethyl adjacent to an activating group) is 1. The van der Waals surface area contributed by atoms with Crippen molar-refractivity contribution < 1.29 is 38.5 Å². The molecule has 51 heavy (non-hydrogen) atoms. The number of carboxylic acids is 1. The van der Waals surface area contributed by atoms with Gasteiger partial charge in [0.05, 0.1) is 22.9 Å². The molecule has 0 aliphatic carbocycles. The van der Waals surface area contributed by atoms with Gasteiger partial charge in [-0.05, 0) is 102 Å². The van der Waals surface area contributed by atoms with Gasteiger partial charge >= 0.3 is 23.9 Å². The van der Waals surface area contributed by atoms with E-state index in [1.54, 1.807) is 33.9 Å². The van der Waals surface area contributed by atoms with Gasteiger partial charge in [0.15, 0.2) is 0 Å². The lowest BCUT2D eigenvalue weighted by molar-refractivity contribution is -0.169. The zero-order valence-corrected chi connectivity index (χ0v) is 35.8. The van der Waals surface area contributed by atoms with Gasteiger partial charge in [-0.15, -0.1) is 11.8 Å². The molecule has 1 heterocycles. The van der Waals surface area contributed by atoms with Gasteiger partial charge in [0, 0.05) is 18.5 Å². The summed E-state index contributed by atoms with van der Waals surface area (Å²) in [5.74, 6) is -1.60. The second kappa shape index (κ2) is 23.3. The topological polar surface area (TPSA) is 132 Å². The minimum absolute atomic E-state index is 0.000843. The molecule has 0 aliphatic rings. The number of esters is 3. The summed E-state index contributed by atoms with van der Waals surface area (Å²) in [5.41, 5.74) is -4.11. The number of hydrogen-bond donors (Lipinski definition) is 1. The molecule has 0 aliphatic heterocycles. The van der Waals surface area contributed by atoms with Crippen LogP contribution >= 0.6 is 57.3 Å². The quantitative estimate of drug-likeness (QED) is 0.0333. The van der Waals surface area contributed by atoms with E-state index in [9.17, 15) is 24.3 Å². The molecule has 4 unspecified atom stereocenters. The van der Waals surface area contributed by atoms with Crippen molar-refractivity contribution >= 4 is 84.7 Å². The van der Waals surface area contributed by atoms with Crippen molar-refractivity contribution in [3.63, 3.8) is 0 Å². The van der Waals surface area contributed by atoms with Crippen molar-refractivity contribution in [1.82, 2.24) is 9.88 Å². The molecule has 1 N–H and O–H groups in total. The molecule has 1 aromatic heterocycles. The van der Waals surface area contributed by atoms with Crippen molar-refractivity contribution in [2.45, 2.75) is 103 Å². The SMILES string of the molecule is CCCCOC(=O)C(C)(CC(C)(CC)C(=O)OCCN(C)C)CC(CC)(CC(C)(SC(=S)SCC)C(=O)OCCSSc1ccccn1)C(=O)O. The van der Waals surface area contributed by atoms with E-state index in [0.29, 0.717) is 34.4 Å². The molecule has 15 heteroatoms. The number of carboxylic acid groups (broad SMARTS) is 1. The van der Waals surface area contributed by atoms with E-state index < -0.39 is 44.9 Å². The highest BCUT2D eigenvalue weighted by atomic mass is 33.1. The summed E-state index contributed by atoms with van der Waals surface area (Å²) in [6.07, 6.45) is 3.28. The minimum atomic E-state index is -1.58. The number of aromatic nitrogens is 1. The second-order valence-electron chi connectivity index (χ2n) is 13.6. The number of thioether (sulfide) groups is 2. The molecule has 0 amide bonds. The zero-order valence-electron chi connectivity index (χ0n) is 31.7. The summed E-state index contributed by atoms with van der Waals surface area (Å²) in [4.78, 5) is 61.2. The molecule has 0 spiro atoms. The third-order valence-electron chi connectivity index (χ3n) is 8.77. The van der Waals surface area contributed by atoms with Crippen molar-refractivity contribution in [1.29, 1.82) is 0 Å². The highest BCUT2D eigenvalue weighted by Gasteiger charge is 2.55. The van der Waals surface area contributed by atoms with Crippen LogP contribution in [0.4, 0.5) is 0 Å². The fourth-order valence-electron chi connectivity index (χ4n) is 5.70. The predicted molar refractivity (Wildman–Crippen MR) is 216 cm³/mol. The van der Waals surface area contributed by atoms with E-state index in [2.05, 4.69) is 4.98 Å². The van der Waals surface area contributed by atoms with Gasteiger partial charge < -0.3 is 24.2 Å². The Labute approximate surface area is 327 Å². The highest BCUT2D eigenvalue weighted by Crippen LogP contribution is 2.52. The first-order valence-corrected chi connectivity index (χ1v) is 22.0. The summed E-state index contributed by atoms with van der Waals surface area (Å²) in [6.45, 7) is 13.6. The van der Waals surface area contributed by atoms with Crippen LogP contribution in [-0.4, -0.2) is 99.1 Å². The number of pyridine rings is 1. The van der Waals surface area contributed by atoms with Gasteiger partial charge in [0.1, 0.15) is 26.5 Å². The van der Waals surface area contributed by atoms with Crippen LogP contribution in [0.3, 0.4) is 0 Å². The number of hydrogen-bond acceptors (Lipinski definition) is 14. The van der Waals surface area contributed by atoms with Crippen LogP contribution in [0.2, 0.25) is 0 Å². The number of carbonyl (C=O) groups is 4. The Morgan fingerprint density at radius 3 is 2.06 bits per heavy atom. The van der Waals surface area contributed by atoms with Crippen LogP contribution in [0.5, 0.6) is 0 Å². The summed E-state index contributed by atoms with van der Waals surface area (Å²) in [6, 6.07) is 5.63. The Balaban J connectivity index is 3.51. The Hall–Kier alpha value is -1.52. The van der Waals surface area contributed by atoms with Crippen LogP contribution < -0.4 is 0 Å². The Bertz CT molecular complexity index is 1280. The van der Waals surface area contributed by atoms with Crippen molar-refractivity contribution in [2.24, 2.45) is 16.2 Å². The van der Waals surface area contributed by atoms with Gasteiger partial charge in [0.25, 0.3) is 0 Å². The summed E-state index contributed by atoms with van der Waals surface area (Å²) in [7, 11) is 6.72. The van der Waals surface area contributed by atoms with Crippen molar-refractivity contribution in [3.8, 4) is 0 Å². The first-order chi connectivity index (χ1) is 24.0. The fraction of sp³-hybridized carbons (Fsp3) is 0.722. The molecule has 0 bridgehead atoms. The van der Waals surface area contributed by atoms with Gasteiger partial charge in [-0.3, -0.25) is 19.2 Å². The number of ether oxygens (including phenoxy) is 3. The van der Waals surface area contributed by atoms with Gasteiger partial charge in [-0.25, -0.2) is 4.98 Å². The standard InChI is InChI=1S/C36H58N2O8S5/c1-10-14-20-44-30(42)34(6,24-33(5,11-2)29(41)45-21-19-38(8)9)25-36(12-3,28(39)40)26-35(7,50-32(47)48-13-4)31(43)46-22-23-49-51-27-17-15-16-18-37-27/h15-18H,10-14,19-26H2,1-9H3,(H,39,40). The molecular formula is C36H58N2O8S5. The van der Waals surface area contributed by atoms with Crippen LogP contribution in [0.1, 0.15) is 93.4 Å². The summed E-state index contributed by atoms with van der Waals surface area (Å²) >= 11 is 8.15. The fourth-order valence-corrected chi connectivity index (χ4v) is 10.5. The van der Waals surface area contributed by atoms with Crippen molar-refractivity contribution in [2.75, 3.05) is 52.0 Å². The molecular weight excluding hydrogens is 749 g/mol. The molecule has 0 saturated carbocycles. The maximum atomic E-state index is 14.0. The average molecular weight is 807 g/mol. The molecule has 0 radical (unpaired) electrons. The Morgan fingerprint density at radius 2 is 1.51 bits per heavy atom. The first-order valence-electron chi connectivity index (χ1n) is 17.4. The summed E-state index contributed by atoms with van der Waals surface area (Å²) in [5, 5.41) is 11.8. The zero-order chi connectivity index (χ0) is 38.7. The monoisotopic (exact) mass is 806 g/mol. The van der Waals surface area contributed by atoms with Crippen LogP contribution in [-0.2, 0) is 33.4 Å². The van der Waals surface area contributed by atoms with Crippen LogP contribution in [0, 0.1) is 16.2 Å². The van der Waals surface area contributed by atoms with Crippen LogP contribution in [0.15, 0.2) is 29.4 Å². The number of nitrogens with zero attached hydrogens (tertiary/aromatic N) is 2.